The summed E-state index contributed by atoms with van der Waals surface area (Å²) in [6.45, 7) is 0. The van der Waals surface area contributed by atoms with E-state index >= 15 is 0 Å². The summed E-state index contributed by atoms with van der Waals surface area (Å²) in [6.07, 6.45) is 10.8. The molecule has 2 aliphatic rings. The van der Waals surface area contributed by atoms with E-state index in [2.05, 4.69) is 82.3 Å². The molecule has 0 unspecified atom stereocenters. The maximum atomic E-state index is 2.35. The largest absolute Gasteiger partial charge is 0.0816 e. The molecule has 0 saturated heterocycles. The number of hydrogen-bond donors (Lipinski definition) is 0. The Morgan fingerprint density at radius 3 is 1.17 bits per heavy atom. The van der Waals surface area contributed by atoms with Gasteiger partial charge in [-0.3, -0.25) is 0 Å². The lowest BCUT2D eigenvalue weighted by atomic mass is 9.97. The second-order valence-electron chi connectivity index (χ2n) is 7.30. The van der Waals surface area contributed by atoms with Gasteiger partial charge in [0.25, 0.3) is 0 Å². The van der Waals surface area contributed by atoms with Crippen molar-refractivity contribution in [2.75, 3.05) is 0 Å². The monoisotopic (exact) mass is 354 g/mol. The highest BCUT2D eigenvalue weighted by Crippen LogP contribution is 2.62. The molecule has 0 amide bonds. The van der Waals surface area contributed by atoms with Gasteiger partial charge < -0.3 is 0 Å². The van der Waals surface area contributed by atoms with E-state index in [0.29, 0.717) is 9.49 Å². The third-order valence-electron chi connectivity index (χ3n) is 5.78. The first-order valence-electron chi connectivity index (χ1n) is 9.31. The number of benzene rings is 2. The van der Waals surface area contributed by atoms with Gasteiger partial charge in [0.2, 0.25) is 0 Å². The fourth-order valence-corrected chi connectivity index (χ4v) is 8.60. The second kappa shape index (κ2) is 7.17. The van der Waals surface area contributed by atoms with Gasteiger partial charge in [-0.1, -0.05) is 108 Å². The summed E-state index contributed by atoms with van der Waals surface area (Å²) >= 11 is 0. The molecule has 2 saturated carbocycles. The molecule has 0 nitrogen and oxygen atoms in total. The molecule has 24 heavy (non-hydrogen) atoms. The Morgan fingerprint density at radius 2 is 0.833 bits per heavy atom. The SMILES string of the molecule is c1ccc(C2(SSC3(c4ccccc4)CCCC3)CCCC2)cc1. The van der Waals surface area contributed by atoms with E-state index in [-0.39, 0.29) is 0 Å². The lowest BCUT2D eigenvalue weighted by Crippen LogP contribution is -2.21. The molecule has 0 aliphatic heterocycles. The molecule has 2 aromatic rings. The van der Waals surface area contributed by atoms with Crippen LogP contribution in [0.3, 0.4) is 0 Å². The van der Waals surface area contributed by atoms with E-state index in [4.69, 9.17) is 0 Å². The van der Waals surface area contributed by atoms with Gasteiger partial charge in [-0.2, -0.15) is 0 Å². The average Bonchev–Trinajstić information content (AvgIpc) is 3.33. The third kappa shape index (κ3) is 3.15. The quantitative estimate of drug-likeness (QED) is 0.516. The zero-order valence-corrected chi connectivity index (χ0v) is 15.9. The van der Waals surface area contributed by atoms with E-state index < -0.39 is 0 Å². The summed E-state index contributed by atoms with van der Waals surface area (Å²) in [5.41, 5.74) is 3.09. The van der Waals surface area contributed by atoms with Crippen molar-refractivity contribution in [3.05, 3.63) is 71.8 Å². The van der Waals surface area contributed by atoms with Crippen molar-refractivity contribution in [1.29, 1.82) is 0 Å². The zero-order chi connectivity index (χ0) is 16.3. The standard InChI is InChI=1S/C22H26S2/c1-3-11-19(12-4-1)21(15-7-8-16-21)23-24-22(17-9-10-18-22)20-13-5-2-6-14-20/h1-6,11-14H,7-10,15-18H2. The van der Waals surface area contributed by atoms with Crippen molar-refractivity contribution in [3.63, 3.8) is 0 Å². The molecular weight excluding hydrogens is 328 g/mol. The fourth-order valence-electron chi connectivity index (χ4n) is 4.38. The van der Waals surface area contributed by atoms with Crippen molar-refractivity contribution in [3.8, 4) is 0 Å². The van der Waals surface area contributed by atoms with Gasteiger partial charge in [0.1, 0.15) is 0 Å². The van der Waals surface area contributed by atoms with Crippen molar-refractivity contribution in [2.24, 2.45) is 0 Å². The first kappa shape index (κ1) is 16.6. The third-order valence-corrected chi connectivity index (χ3v) is 9.96. The van der Waals surface area contributed by atoms with Crippen LogP contribution in [0.25, 0.3) is 0 Å². The highest BCUT2D eigenvalue weighted by Gasteiger charge is 2.42. The van der Waals surface area contributed by atoms with Gasteiger partial charge in [-0.25, -0.2) is 0 Å². The van der Waals surface area contributed by atoms with E-state index in [1.54, 1.807) is 11.1 Å². The summed E-state index contributed by atoms with van der Waals surface area (Å²) in [7, 11) is 4.38. The van der Waals surface area contributed by atoms with Crippen molar-refractivity contribution < 1.29 is 0 Å². The van der Waals surface area contributed by atoms with Gasteiger partial charge in [0.15, 0.2) is 0 Å². The Morgan fingerprint density at radius 1 is 0.500 bits per heavy atom. The molecule has 0 heterocycles. The Labute approximate surface area is 154 Å². The Balaban J connectivity index is 1.59. The van der Waals surface area contributed by atoms with Gasteiger partial charge in [-0.15, -0.1) is 0 Å². The predicted molar refractivity (Wildman–Crippen MR) is 108 cm³/mol. The Hall–Kier alpha value is -0.860. The molecule has 0 atom stereocenters. The fraction of sp³-hybridized carbons (Fsp3) is 0.455. The maximum absolute atomic E-state index is 2.35. The predicted octanol–water partition coefficient (Wildman–Crippen LogP) is 7.31. The zero-order valence-electron chi connectivity index (χ0n) is 14.2. The van der Waals surface area contributed by atoms with E-state index in [0.717, 1.165) is 0 Å². The van der Waals surface area contributed by atoms with Crippen LogP contribution in [0.15, 0.2) is 60.7 Å². The topological polar surface area (TPSA) is 0 Å². The number of hydrogen-bond acceptors (Lipinski definition) is 2. The highest BCUT2D eigenvalue weighted by molar-refractivity contribution is 8.77. The molecule has 0 aromatic heterocycles. The molecule has 2 aromatic carbocycles. The summed E-state index contributed by atoms with van der Waals surface area (Å²) in [5.74, 6) is 0. The molecule has 0 N–H and O–H groups in total. The maximum Gasteiger partial charge on any atom is 0.0512 e. The second-order valence-corrected chi connectivity index (χ2v) is 10.2. The van der Waals surface area contributed by atoms with Crippen LogP contribution >= 0.6 is 21.6 Å². The van der Waals surface area contributed by atoms with Crippen LogP contribution in [0.5, 0.6) is 0 Å². The minimum Gasteiger partial charge on any atom is -0.0816 e. The summed E-state index contributed by atoms with van der Waals surface area (Å²) in [6, 6.07) is 22.5. The van der Waals surface area contributed by atoms with Crippen molar-refractivity contribution in [1.82, 2.24) is 0 Å². The van der Waals surface area contributed by atoms with Crippen LogP contribution in [0.2, 0.25) is 0 Å². The van der Waals surface area contributed by atoms with Gasteiger partial charge in [-0.05, 0) is 36.8 Å². The molecule has 126 valence electrons. The minimum absolute atomic E-state index is 0.330. The Bertz CT molecular complexity index is 579. The van der Waals surface area contributed by atoms with Crippen LogP contribution in [-0.2, 0) is 9.49 Å². The molecule has 2 aliphatic carbocycles. The lowest BCUT2D eigenvalue weighted by molar-refractivity contribution is 0.648. The van der Waals surface area contributed by atoms with E-state index in [1.807, 2.05) is 0 Å². The molecule has 4 rings (SSSR count). The normalized spacial score (nSPS) is 21.8. The van der Waals surface area contributed by atoms with Crippen LogP contribution in [0.1, 0.15) is 62.5 Å². The van der Waals surface area contributed by atoms with Gasteiger partial charge in [0, 0.05) is 0 Å². The van der Waals surface area contributed by atoms with Gasteiger partial charge in [0.05, 0.1) is 9.49 Å². The van der Waals surface area contributed by atoms with Crippen molar-refractivity contribution >= 4 is 21.6 Å². The summed E-state index contributed by atoms with van der Waals surface area (Å²) in [4.78, 5) is 0. The van der Waals surface area contributed by atoms with Crippen LogP contribution in [-0.4, -0.2) is 0 Å². The smallest absolute Gasteiger partial charge is 0.0512 e. The lowest BCUT2D eigenvalue weighted by Gasteiger charge is -2.35. The molecule has 2 heteroatoms. The Kier molecular flexibility index (Phi) is 4.96. The van der Waals surface area contributed by atoms with Crippen molar-refractivity contribution in [2.45, 2.75) is 60.9 Å². The summed E-state index contributed by atoms with van der Waals surface area (Å²) < 4.78 is 0.659. The number of rotatable bonds is 5. The van der Waals surface area contributed by atoms with Crippen LogP contribution in [0.4, 0.5) is 0 Å². The molecule has 0 bridgehead atoms. The van der Waals surface area contributed by atoms with Crippen LogP contribution in [0, 0.1) is 0 Å². The average molecular weight is 355 g/mol. The van der Waals surface area contributed by atoms with E-state index in [1.165, 1.54) is 51.4 Å². The van der Waals surface area contributed by atoms with E-state index in [9.17, 15) is 0 Å². The molecule has 2 fully saturated rings. The first-order valence-corrected chi connectivity index (χ1v) is 11.5. The summed E-state index contributed by atoms with van der Waals surface area (Å²) in [5, 5.41) is 0. The van der Waals surface area contributed by atoms with Gasteiger partial charge >= 0.3 is 0 Å². The highest BCUT2D eigenvalue weighted by atomic mass is 33.1. The molecule has 0 radical (unpaired) electrons. The first-order chi connectivity index (χ1) is 11.8. The molecular formula is C22H26S2. The molecule has 0 spiro atoms. The van der Waals surface area contributed by atoms with Crippen LogP contribution < -0.4 is 0 Å². The minimum atomic E-state index is 0.330.